The topological polar surface area (TPSA) is 95.1 Å². The van der Waals surface area contributed by atoms with Gasteiger partial charge in [-0.2, -0.15) is 10.2 Å². The molecule has 0 aromatic carbocycles. The maximum atomic E-state index is 12.4. The minimum atomic E-state index is -0.223. The number of aryl methyl sites for hydroxylation is 1. The average molecular weight is 378 g/mol. The predicted octanol–water partition coefficient (Wildman–Crippen LogP) is 2.45. The summed E-state index contributed by atoms with van der Waals surface area (Å²) in [5, 5.41) is 15.8. The molecule has 2 aromatic rings. The number of aromatic amines is 1. The lowest BCUT2D eigenvalue weighted by molar-refractivity contribution is -0.116. The van der Waals surface area contributed by atoms with Gasteiger partial charge < -0.3 is 10.3 Å². The number of nitrogens with one attached hydrogen (secondary N) is 3. The lowest BCUT2D eigenvalue weighted by Crippen LogP contribution is -2.19. The summed E-state index contributed by atoms with van der Waals surface area (Å²) in [7, 11) is 0. The van der Waals surface area contributed by atoms with Gasteiger partial charge >= 0.3 is 0 Å². The van der Waals surface area contributed by atoms with Gasteiger partial charge in [-0.05, 0) is 68.0 Å². The Morgan fingerprint density at radius 1 is 1.36 bits per heavy atom. The minimum Gasteiger partial charge on any atom is -0.359 e. The van der Waals surface area contributed by atoms with Crippen molar-refractivity contribution in [3.63, 3.8) is 0 Å². The summed E-state index contributed by atoms with van der Waals surface area (Å²) < 4.78 is 0. The Labute approximate surface area is 164 Å². The fraction of sp³-hybridized carbons (Fsp3) is 0.429. The van der Waals surface area contributed by atoms with E-state index >= 15 is 0 Å². The second-order valence-electron chi connectivity index (χ2n) is 7.76. The summed E-state index contributed by atoms with van der Waals surface area (Å²) >= 11 is 0. The minimum absolute atomic E-state index is 0.223. The fourth-order valence-corrected chi connectivity index (χ4v) is 3.73. The van der Waals surface area contributed by atoms with Crippen molar-refractivity contribution in [2.45, 2.75) is 52.0 Å². The summed E-state index contributed by atoms with van der Waals surface area (Å²) in [5.41, 5.74) is 8.89. The molecule has 1 aliphatic carbocycles. The van der Waals surface area contributed by atoms with Crippen LogP contribution in [0.25, 0.3) is 6.08 Å². The predicted molar refractivity (Wildman–Crippen MR) is 109 cm³/mol. The van der Waals surface area contributed by atoms with E-state index in [2.05, 4.69) is 51.8 Å². The summed E-state index contributed by atoms with van der Waals surface area (Å²) in [6, 6.07) is 4.29. The molecule has 2 aliphatic rings. The maximum absolute atomic E-state index is 12.4. The largest absolute Gasteiger partial charge is 0.359 e. The smallest absolute Gasteiger partial charge is 0.273 e. The third-order valence-corrected chi connectivity index (χ3v) is 5.23. The van der Waals surface area contributed by atoms with Crippen LogP contribution in [0, 0.1) is 6.92 Å². The molecule has 28 heavy (non-hydrogen) atoms. The molecular formula is C21H26N6O. The molecule has 0 radical (unpaired) electrons. The van der Waals surface area contributed by atoms with Gasteiger partial charge in [-0.15, -0.1) is 5.10 Å². The van der Waals surface area contributed by atoms with Crippen LogP contribution in [-0.2, 0) is 11.2 Å². The van der Waals surface area contributed by atoms with Gasteiger partial charge in [0.2, 0.25) is 0 Å². The first kappa shape index (κ1) is 18.6. The van der Waals surface area contributed by atoms with E-state index in [0.717, 1.165) is 24.4 Å². The highest BCUT2D eigenvalue weighted by Gasteiger charge is 2.27. The second kappa shape index (κ2) is 7.67. The molecule has 1 saturated carbocycles. The van der Waals surface area contributed by atoms with Crippen LogP contribution in [0.1, 0.15) is 60.8 Å². The number of aromatic nitrogens is 3. The fourth-order valence-electron chi connectivity index (χ4n) is 3.73. The van der Waals surface area contributed by atoms with E-state index < -0.39 is 0 Å². The Hall–Kier alpha value is -2.80. The van der Waals surface area contributed by atoms with Gasteiger partial charge in [-0.25, -0.2) is 5.43 Å². The first-order chi connectivity index (χ1) is 13.5. The molecule has 4 rings (SSSR count). The molecule has 0 spiro atoms. The van der Waals surface area contributed by atoms with Gasteiger partial charge in [0.05, 0.1) is 5.57 Å². The summed E-state index contributed by atoms with van der Waals surface area (Å²) in [4.78, 5) is 15.9. The van der Waals surface area contributed by atoms with Crippen molar-refractivity contribution in [2.24, 2.45) is 5.10 Å². The molecule has 0 bridgehead atoms. The monoisotopic (exact) mass is 378 g/mol. The quantitative estimate of drug-likeness (QED) is 0.645. The Balaban J connectivity index is 1.67. The van der Waals surface area contributed by atoms with E-state index in [0.29, 0.717) is 28.9 Å². The van der Waals surface area contributed by atoms with Crippen molar-refractivity contribution >= 4 is 17.7 Å². The van der Waals surface area contributed by atoms with Gasteiger partial charge in [-0.1, -0.05) is 13.8 Å². The first-order valence-corrected chi connectivity index (χ1v) is 9.87. The van der Waals surface area contributed by atoms with Crippen LogP contribution in [0.3, 0.4) is 0 Å². The number of hydrogen-bond acceptors (Lipinski definition) is 5. The van der Waals surface area contributed by atoms with Crippen molar-refractivity contribution in [1.82, 2.24) is 25.9 Å². The average Bonchev–Trinajstić information content (AvgIpc) is 3.36. The Bertz CT molecular complexity index is 937. The van der Waals surface area contributed by atoms with Crippen molar-refractivity contribution in [3.05, 3.63) is 52.1 Å². The van der Waals surface area contributed by atoms with Crippen LogP contribution in [0.5, 0.6) is 0 Å². The van der Waals surface area contributed by atoms with Crippen LogP contribution in [0.4, 0.5) is 0 Å². The van der Waals surface area contributed by atoms with Crippen LogP contribution >= 0.6 is 0 Å². The molecule has 7 nitrogen and oxygen atoms in total. The molecule has 1 amide bonds. The van der Waals surface area contributed by atoms with E-state index in [1.165, 1.54) is 24.0 Å². The van der Waals surface area contributed by atoms with E-state index in [4.69, 9.17) is 0 Å². The molecular weight excluding hydrogens is 352 g/mol. The summed E-state index contributed by atoms with van der Waals surface area (Å²) in [6.07, 6.45) is 7.06. The van der Waals surface area contributed by atoms with Gasteiger partial charge in [0.25, 0.3) is 5.91 Å². The number of amides is 1. The van der Waals surface area contributed by atoms with Gasteiger partial charge in [0.1, 0.15) is 11.4 Å². The second-order valence-corrected chi connectivity index (χ2v) is 7.76. The van der Waals surface area contributed by atoms with Crippen molar-refractivity contribution in [1.29, 1.82) is 0 Å². The third-order valence-electron chi connectivity index (χ3n) is 5.23. The van der Waals surface area contributed by atoms with Crippen LogP contribution in [-0.4, -0.2) is 39.4 Å². The normalized spacial score (nSPS) is 18.1. The standard InChI is InChI=1S/C21H26N6O/c1-12(2)19-15(8-10-22-14-6-7-14)13(3)24-18(19)11-16-20(26-27-21(16)28)17-5-4-9-23-25-17/h4-5,9,11-12,14,22,24H,6-8,10H2,1-3H3,(H,27,28)/b16-11+. The molecule has 1 aliphatic heterocycles. The first-order valence-electron chi connectivity index (χ1n) is 9.87. The molecule has 146 valence electrons. The van der Waals surface area contributed by atoms with Gasteiger partial charge in [0.15, 0.2) is 0 Å². The molecule has 2 aromatic heterocycles. The number of H-pyrrole nitrogens is 1. The number of hydrogen-bond donors (Lipinski definition) is 3. The van der Waals surface area contributed by atoms with Gasteiger partial charge in [0, 0.05) is 23.6 Å². The molecule has 7 heteroatoms. The highest BCUT2D eigenvalue weighted by molar-refractivity contribution is 6.32. The number of nitrogens with zero attached hydrogens (tertiary/aromatic N) is 3. The SMILES string of the molecule is Cc1[nH]c(/C=C2/C(=O)NN=C2c2cccnn2)c(C(C)C)c1CCNC1CC1. The van der Waals surface area contributed by atoms with E-state index in [1.54, 1.807) is 18.3 Å². The van der Waals surface area contributed by atoms with E-state index in [9.17, 15) is 4.79 Å². The maximum Gasteiger partial charge on any atom is 0.273 e. The number of hydrazone groups is 1. The highest BCUT2D eigenvalue weighted by Crippen LogP contribution is 2.30. The molecule has 0 unspecified atom stereocenters. The van der Waals surface area contributed by atoms with Crippen molar-refractivity contribution < 1.29 is 4.79 Å². The number of carbonyl (C=O) groups excluding carboxylic acids is 1. The molecule has 0 atom stereocenters. The zero-order valence-corrected chi connectivity index (χ0v) is 16.5. The molecule has 3 heterocycles. The lowest BCUT2D eigenvalue weighted by Gasteiger charge is -2.11. The Kier molecular flexibility index (Phi) is 5.09. The van der Waals surface area contributed by atoms with Crippen LogP contribution in [0.2, 0.25) is 0 Å². The zero-order chi connectivity index (χ0) is 19.7. The Morgan fingerprint density at radius 2 is 2.18 bits per heavy atom. The third kappa shape index (κ3) is 3.75. The molecule has 3 N–H and O–H groups in total. The molecule has 1 fully saturated rings. The summed E-state index contributed by atoms with van der Waals surface area (Å²) in [6.45, 7) is 7.46. The van der Waals surface area contributed by atoms with Crippen LogP contribution < -0.4 is 10.7 Å². The number of rotatable bonds is 7. The van der Waals surface area contributed by atoms with Gasteiger partial charge in [-0.3, -0.25) is 4.79 Å². The lowest BCUT2D eigenvalue weighted by atomic mass is 9.94. The number of carbonyl (C=O) groups is 1. The summed E-state index contributed by atoms with van der Waals surface area (Å²) in [5.74, 6) is 0.119. The zero-order valence-electron chi connectivity index (χ0n) is 16.5. The van der Waals surface area contributed by atoms with Crippen molar-refractivity contribution in [2.75, 3.05) is 6.54 Å². The molecule has 0 saturated heterocycles. The Morgan fingerprint density at radius 3 is 2.86 bits per heavy atom. The van der Waals surface area contributed by atoms with E-state index in [1.807, 2.05) is 6.08 Å². The van der Waals surface area contributed by atoms with E-state index in [-0.39, 0.29) is 5.91 Å². The van der Waals surface area contributed by atoms with Crippen molar-refractivity contribution in [3.8, 4) is 0 Å². The highest BCUT2D eigenvalue weighted by atomic mass is 16.2. The van der Waals surface area contributed by atoms with Crippen LogP contribution in [0.15, 0.2) is 29.0 Å².